The molecule has 104 valence electrons. The highest BCUT2D eigenvalue weighted by Crippen LogP contribution is 2.25. The highest BCUT2D eigenvalue weighted by molar-refractivity contribution is 9.09. The maximum atomic E-state index is 13.5. The Bertz CT molecular complexity index is 463. The zero-order valence-corrected chi connectivity index (χ0v) is 12.9. The van der Waals surface area contributed by atoms with E-state index in [9.17, 15) is 9.18 Å². The lowest BCUT2D eigenvalue weighted by molar-refractivity contribution is 0.0696. The molecule has 19 heavy (non-hydrogen) atoms. The van der Waals surface area contributed by atoms with Gasteiger partial charge in [-0.2, -0.15) is 0 Å². The molecule has 2 rings (SSSR count). The minimum Gasteiger partial charge on any atom is -0.335 e. The first-order chi connectivity index (χ1) is 9.13. The largest absolute Gasteiger partial charge is 0.335 e. The summed E-state index contributed by atoms with van der Waals surface area (Å²) in [6, 6.07) is 4.53. The van der Waals surface area contributed by atoms with Gasteiger partial charge in [0.05, 0.1) is 5.02 Å². The van der Waals surface area contributed by atoms with Crippen molar-refractivity contribution >= 4 is 33.4 Å². The number of carbonyl (C=O) groups excluding carboxylic acids is 1. The molecular formula is C14H16BrClFNO. The van der Waals surface area contributed by atoms with Crippen molar-refractivity contribution < 1.29 is 9.18 Å². The topological polar surface area (TPSA) is 20.3 Å². The molecule has 1 aromatic rings. The summed E-state index contributed by atoms with van der Waals surface area (Å²) in [4.78, 5) is 14.3. The maximum absolute atomic E-state index is 13.5. The highest BCUT2D eigenvalue weighted by atomic mass is 79.9. The van der Waals surface area contributed by atoms with Gasteiger partial charge in [0.25, 0.3) is 5.91 Å². The molecule has 5 heteroatoms. The molecule has 0 bridgehead atoms. The van der Waals surface area contributed by atoms with Crippen LogP contribution in [0.1, 0.15) is 36.0 Å². The van der Waals surface area contributed by atoms with Gasteiger partial charge < -0.3 is 4.90 Å². The zero-order chi connectivity index (χ0) is 13.8. The Balaban J connectivity index is 2.20. The SMILES string of the molecule is O=C(c1ccc(Cl)c(F)c1)N(CCBr)C1CCCC1. The van der Waals surface area contributed by atoms with Gasteiger partial charge in [-0.1, -0.05) is 40.4 Å². The molecule has 0 N–H and O–H groups in total. The van der Waals surface area contributed by atoms with Crippen LogP contribution in [0, 0.1) is 5.82 Å². The molecule has 1 fully saturated rings. The molecule has 0 radical (unpaired) electrons. The van der Waals surface area contributed by atoms with Crippen LogP contribution in [0.15, 0.2) is 18.2 Å². The number of nitrogens with zero attached hydrogens (tertiary/aromatic N) is 1. The zero-order valence-electron chi connectivity index (χ0n) is 10.5. The first-order valence-electron chi connectivity index (χ1n) is 6.45. The van der Waals surface area contributed by atoms with Crippen LogP contribution in [-0.2, 0) is 0 Å². The molecule has 0 heterocycles. The van der Waals surface area contributed by atoms with Crippen molar-refractivity contribution in [1.29, 1.82) is 0 Å². The number of rotatable bonds is 4. The van der Waals surface area contributed by atoms with Gasteiger partial charge in [0.2, 0.25) is 0 Å². The van der Waals surface area contributed by atoms with Crippen LogP contribution < -0.4 is 0 Å². The van der Waals surface area contributed by atoms with Crippen LogP contribution in [0.4, 0.5) is 4.39 Å². The molecule has 2 nitrogen and oxygen atoms in total. The molecule has 0 aromatic heterocycles. The average Bonchev–Trinajstić information content (AvgIpc) is 2.92. The molecule has 0 unspecified atom stereocenters. The summed E-state index contributed by atoms with van der Waals surface area (Å²) >= 11 is 9.02. The van der Waals surface area contributed by atoms with E-state index >= 15 is 0 Å². The van der Waals surface area contributed by atoms with Crippen molar-refractivity contribution in [2.24, 2.45) is 0 Å². The Morgan fingerprint density at radius 2 is 2.11 bits per heavy atom. The van der Waals surface area contributed by atoms with Gasteiger partial charge in [-0.05, 0) is 31.0 Å². The number of benzene rings is 1. The van der Waals surface area contributed by atoms with Crippen molar-refractivity contribution in [1.82, 2.24) is 4.90 Å². The van der Waals surface area contributed by atoms with Gasteiger partial charge in [0, 0.05) is 23.5 Å². The van der Waals surface area contributed by atoms with Crippen molar-refractivity contribution in [3.8, 4) is 0 Å². The molecule has 0 aliphatic heterocycles. The first kappa shape index (κ1) is 14.8. The molecule has 1 amide bonds. The predicted octanol–water partition coefficient (Wildman–Crippen LogP) is 4.26. The summed E-state index contributed by atoms with van der Waals surface area (Å²) in [5, 5.41) is 0.773. The number of halogens is 3. The van der Waals surface area contributed by atoms with Crippen LogP contribution in [0.5, 0.6) is 0 Å². The number of alkyl halides is 1. The molecule has 0 spiro atoms. The van der Waals surface area contributed by atoms with Crippen LogP contribution in [-0.4, -0.2) is 28.7 Å². The summed E-state index contributed by atoms with van der Waals surface area (Å²) in [7, 11) is 0. The molecule has 1 aromatic carbocycles. The van der Waals surface area contributed by atoms with Gasteiger partial charge in [-0.25, -0.2) is 4.39 Å². The standard InChI is InChI=1S/C14H16BrClFNO/c15-7-8-18(11-3-1-2-4-11)14(19)10-5-6-12(16)13(17)9-10/h5-6,9,11H,1-4,7-8H2. The molecule has 1 aliphatic carbocycles. The van der Waals surface area contributed by atoms with E-state index in [4.69, 9.17) is 11.6 Å². The van der Waals surface area contributed by atoms with E-state index in [1.165, 1.54) is 12.1 Å². The van der Waals surface area contributed by atoms with Crippen molar-refractivity contribution in [3.63, 3.8) is 0 Å². The quantitative estimate of drug-likeness (QED) is 0.745. The molecule has 1 aliphatic rings. The van der Waals surface area contributed by atoms with Gasteiger partial charge in [-0.3, -0.25) is 4.79 Å². The van der Waals surface area contributed by atoms with Crippen LogP contribution in [0.25, 0.3) is 0 Å². The van der Waals surface area contributed by atoms with Gasteiger partial charge in [0.1, 0.15) is 5.82 Å². The molecule has 1 saturated carbocycles. The second-order valence-corrected chi connectivity index (χ2v) is 5.95. The number of carbonyl (C=O) groups is 1. The third-order valence-corrected chi connectivity index (χ3v) is 4.18. The Labute approximate surface area is 126 Å². The number of hydrogen-bond acceptors (Lipinski definition) is 1. The summed E-state index contributed by atoms with van der Waals surface area (Å²) in [5.74, 6) is -0.653. The second-order valence-electron chi connectivity index (χ2n) is 4.75. The maximum Gasteiger partial charge on any atom is 0.254 e. The Kier molecular flexibility index (Phi) is 5.22. The molecule has 0 atom stereocenters. The normalized spacial score (nSPS) is 15.7. The third-order valence-electron chi connectivity index (χ3n) is 3.52. The van der Waals surface area contributed by atoms with E-state index in [0.29, 0.717) is 12.1 Å². The Morgan fingerprint density at radius 1 is 1.42 bits per heavy atom. The lowest BCUT2D eigenvalue weighted by Crippen LogP contribution is -2.40. The number of hydrogen-bond donors (Lipinski definition) is 0. The summed E-state index contributed by atoms with van der Waals surface area (Å²) in [6.07, 6.45) is 4.39. The summed E-state index contributed by atoms with van der Waals surface area (Å²) in [5.41, 5.74) is 0.370. The predicted molar refractivity (Wildman–Crippen MR) is 78.5 cm³/mol. The minimum absolute atomic E-state index is 0.0458. The minimum atomic E-state index is -0.544. The smallest absolute Gasteiger partial charge is 0.254 e. The molecular weight excluding hydrogens is 333 g/mol. The van der Waals surface area contributed by atoms with Crippen LogP contribution in [0.2, 0.25) is 5.02 Å². The average molecular weight is 349 g/mol. The van der Waals surface area contributed by atoms with E-state index in [1.54, 1.807) is 6.07 Å². The monoisotopic (exact) mass is 347 g/mol. The van der Waals surface area contributed by atoms with E-state index < -0.39 is 5.82 Å². The van der Waals surface area contributed by atoms with Crippen molar-refractivity contribution in [3.05, 3.63) is 34.6 Å². The highest BCUT2D eigenvalue weighted by Gasteiger charge is 2.27. The van der Waals surface area contributed by atoms with Crippen LogP contribution in [0.3, 0.4) is 0 Å². The van der Waals surface area contributed by atoms with Gasteiger partial charge in [-0.15, -0.1) is 0 Å². The lowest BCUT2D eigenvalue weighted by Gasteiger charge is -2.28. The fourth-order valence-electron chi connectivity index (χ4n) is 2.55. The van der Waals surface area contributed by atoms with E-state index in [-0.39, 0.29) is 17.0 Å². The first-order valence-corrected chi connectivity index (χ1v) is 7.95. The summed E-state index contributed by atoms with van der Waals surface area (Å²) < 4.78 is 13.5. The fraction of sp³-hybridized carbons (Fsp3) is 0.500. The molecule has 0 saturated heterocycles. The van der Waals surface area contributed by atoms with Crippen molar-refractivity contribution in [2.45, 2.75) is 31.7 Å². The Morgan fingerprint density at radius 3 is 2.68 bits per heavy atom. The fourth-order valence-corrected chi connectivity index (χ4v) is 3.05. The van der Waals surface area contributed by atoms with Gasteiger partial charge in [0.15, 0.2) is 0 Å². The summed E-state index contributed by atoms with van der Waals surface area (Å²) in [6.45, 7) is 0.647. The van der Waals surface area contributed by atoms with Gasteiger partial charge >= 0.3 is 0 Å². The van der Waals surface area contributed by atoms with E-state index in [0.717, 1.165) is 31.0 Å². The lowest BCUT2D eigenvalue weighted by atomic mass is 10.1. The number of amides is 1. The van der Waals surface area contributed by atoms with Crippen molar-refractivity contribution in [2.75, 3.05) is 11.9 Å². The Hall–Kier alpha value is -0.610. The third kappa shape index (κ3) is 3.48. The second kappa shape index (κ2) is 6.71. The van der Waals surface area contributed by atoms with Crippen LogP contribution >= 0.6 is 27.5 Å². The van der Waals surface area contributed by atoms with E-state index in [2.05, 4.69) is 15.9 Å². The van der Waals surface area contributed by atoms with E-state index in [1.807, 2.05) is 4.90 Å².